The maximum atomic E-state index is 13.0. The lowest BCUT2D eigenvalue weighted by Crippen LogP contribution is -2.29. The predicted molar refractivity (Wildman–Crippen MR) is 102 cm³/mol. The smallest absolute Gasteiger partial charge is 0.339 e. The zero-order valence-electron chi connectivity index (χ0n) is 15.2. The monoisotopic (exact) mass is 389 g/mol. The van der Waals surface area contributed by atoms with Crippen molar-refractivity contribution in [3.8, 4) is 0 Å². The number of rotatable bonds is 8. The zero-order chi connectivity index (χ0) is 19.2. The van der Waals surface area contributed by atoms with Gasteiger partial charge in [-0.1, -0.05) is 12.1 Å². The molecule has 1 atom stereocenters. The topological polar surface area (TPSA) is 80.0 Å². The fourth-order valence-electron chi connectivity index (χ4n) is 3.16. The summed E-state index contributed by atoms with van der Waals surface area (Å²) < 4.78 is 10.8. The summed E-state index contributed by atoms with van der Waals surface area (Å²) in [5.74, 6) is 0.130. The van der Waals surface area contributed by atoms with Crippen LogP contribution in [-0.4, -0.2) is 48.2 Å². The van der Waals surface area contributed by atoms with Crippen LogP contribution in [0, 0.1) is 5.92 Å². The predicted octanol–water partition coefficient (Wildman–Crippen LogP) is 3.77. The molecular weight excluding hydrogens is 366 g/mol. The molecule has 6 nitrogen and oxygen atoms in total. The first-order chi connectivity index (χ1) is 13.1. The molecule has 0 aliphatic carbocycles. The fraction of sp³-hybridized carbons (Fsp3) is 0.400. The third kappa shape index (κ3) is 4.73. The molecule has 1 fully saturated rings. The summed E-state index contributed by atoms with van der Waals surface area (Å²) in [6.45, 7) is 4.79. The van der Waals surface area contributed by atoms with Crippen molar-refractivity contribution >= 4 is 23.6 Å². The van der Waals surface area contributed by atoms with E-state index in [1.807, 2.05) is 36.1 Å². The second-order valence-corrected chi connectivity index (χ2v) is 7.43. The quantitative estimate of drug-likeness (QED) is 0.693. The van der Waals surface area contributed by atoms with E-state index in [-0.39, 0.29) is 11.5 Å². The van der Waals surface area contributed by atoms with Crippen molar-refractivity contribution in [1.29, 1.82) is 0 Å². The Labute approximate surface area is 162 Å². The Morgan fingerprint density at radius 2 is 2.11 bits per heavy atom. The minimum absolute atomic E-state index is 0.00926. The summed E-state index contributed by atoms with van der Waals surface area (Å²) in [5.41, 5.74) is 0.799. The van der Waals surface area contributed by atoms with Crippen molar-refractivity contribution in [3.63, 3.8) is 0 Å². The molecular formula is C20H23NO5S. The number of amides is 1. The number of ether oxygens (including phenoxy) is 1. The summed E-state index contributed by atoms with van der Waals surface area (Å²) in [6.07, 6.45) is 2.33. The van der Waals surface area contributed by atoms with Gasteiger partial charge in [0.25, 0.3) is 5.91 Å². The molecule has 1 unspecified atom stereocenters. The first-order valence-electron chi connectivity index (χ1n) is 8.98. The lowest BCUT2D eigenvalue weighted by Gasteiger charge is -2.18. The molecule has 27 heavy (non-hydrogen) atoms. The van der Waals surface area contributed by atoms with E-state index in [2.05, 4.69) is 0 Å². The van der Waals surface area contributed by atoms with E-state index in [1.165, 1.54) is 24.1 Å². The second-order valence-electron chi connectivity index (χ2n) is 6.41. The van der Waals surface area contributed by atoms with Crippen molar-refractivity contribution in [2.24, 2.45) is 5.92 Å². The second kappa shape index (κ2) is 9.10. The highest BCUT2D eigenvalue weighted by molar-refractivity contribution is 7.98. The molecule has 1 N–H and O–H groups in total. The number of carboxylic acid groups (broad SMARTS) is 1. The van der Waals surface area contributed by atoms with Gasteiger partial charge in [-0.2, -0.15) is 0 Å². The van der Waals surface area contributed by atoms with E-state index in [0.29, 0.717) is 42.8 Å². The average molecular weight is 389 g/mol. The number of carboxylic acids is 1. The van der Waals surface area contributed by atoms with Gasteiger partial charge in [0.2, 0.25) is 0 Å². The Bertz CT molecular complexity index is 803. The molecule has 2 aromatic rings. The zero-order valence-corrected chi connectivity index (χ0v) is 16.0. The number of likely N-dealkylation sites (tertiary alicyclic amines) is 1. The highest BCUT2D eigenvalue weighted by Crippen LogP contribution is 2.30. The van der Waals surface area contributed by atoms with Crippen molar-refractivity contribution in [1.82, 2.24) is 4.90 Å². The third-order valence-electron chi connectivity index (χ3n) is 4.58. The van der Waals surface area contributed by atoms with Crippen LogP contribution in [0.5, 0.6) is 0 Å². The molecule has 1 aromatic carbocycles. The van der Waals surface area contributed by atoms with Gasteiger partial charge in [-0.3, -0.25) is 4.79 Å². The van der Waals surface area contributed by atoms with E-state index >= 15 is 0 Å². The first kappa shape index (κ1) is 19.5. The summed E-state index contributed by atoms with van der Waals surface area (Å²) in [5, 5.41) is 9.18. The third-order valence-corrected chi connectivity index (χ3v) is 5.66. The first-order valence-corrected chi connectivity index (χ1v) is 9.97. The highest BCUT2D eigenvalue weighted by Gasteiger charge is 2.28. The van der Waals surface area contributed by atoms with E-state index in [0.717, 1.165) is 17.9 Å². The number of benzene rings is 1. The fourth-order valence-corrected chi connectivity index (χ4v) is 4.16. The van der Waals surface area contributed by atoms with Gasteiger partial charge in [-0.05, 0) is 31.5 Å². The van der Waals surface area contributed by atoms with Crippen LogP contribution in [0.15, 0.2) is 45.9 Å². The van der Waals surface area contributed by atoms with Crippen LogP contribution in [0.2, 0.25) is 0 Å². The number of carbonyl (C=O) groups excluding carboxylic acids is 1. The number of furan rings is 1. The maximum absolute atomic E-state index is 13.0. The van der Waals surface area contributed by atoms with Gasteiger partial charge in [-0.25, -0.2) is 4.79 Å². The van der Waals surface area contributed by atoms with Crippen LogP contribution >= 0.6 is 11.8 Å². The molecule has 1 aliphatic rings. The van der Waals surface area contributed by atoms with Gasteiger partial charge in [0, 0.05) is 30.5 Å². The molecule has 0 saturated carbocycles. The summed E-state index contributed by atoms with van der Waals surface area (Å²) in [4.78, 5) is 26.9. The number of hydrogen-bond donors (Lipinski definition) is 1. The molecule has 1 saturated heterocycles. The SMILES string of the molecule is CCOCC1CCN(C(=O)c2ccccc2SCc2occc2C(=O)O)C1. The Hall–Kier alpha value is -2.25. The number of nitrogens with zero attached hydrogens (tertiary/aromatic N) is 1. The Kier molecular flexibility index (Phi) is 6.58. The van der Waals surface area contributed by atoms with Crippen molar-refractivity contribution in [2.45, 2.75) is 24.0 Å². The molecule has 1 amide bonds. The van der Waals surface area contributed by atoms with Gasteiger partial charge in [-0.15, -0.1) is 11.8 Å². The van der Waals surface area contributed by atoms with Gasteiger partial charge in [0.15, 0.2) is 0 Å². The Morgan fingerprint density at radius 1 is 1.30 bits per heavy atom. The maximum Gasteiger partial charge on any atom is 0.339 e. The van der Waals surface area contributed by atoms with Gasteiger partial charge >= 0.3 is 5.97 Å². The number of hydrogen-bond acceptors (Lipinski definition) is 5. The van der Waals surface area contributed by atoms with Gasteiger partial charge in [0.1, 0.15) is 11.3 Å². The van der Waals surface area contributed by atoms with Crippen molar-refractivity contribution in [3.05, 3.63) is 53.5 Å². The van der Waals surface area contributed by atoms with Crippen LogP contribution in [0.25, 0.3) is 0 Å². The molecule has 1 aromatic heterocycles. The Morgan fingerprint density at radius 3 is 2.89 bits per heavy atom. The van der Waals surface area contributed by atoms with Crippen LogP contribution in [0.1, 0.15) is 39.8 Å². The van der Waals surface area contributed by atoms with E-state index in [9.17, 15) is 14.7 Å². The van der Waals surface area contributed by atoms with Crippen LogP contribution in [-0.2, 0) is 10.5 Å². The van der Waals surface area contributed by atoms with Crippen molar-refractivity contribution < 1.29 is 23.8 Å². The van der Waals surface area contributed by atoms with Crippen LogP contribution in [0.3, 0.4) is 0 Å². The molecule has 2 heterocycles. The summed E-state index contributed by atoms with van der Waals surface area (Å²) in [7, 11) is 0. The largest absolute Gasteiger partial charge is 0.478 e. The molecule has 7 heteroatoms. The molecule has 1 aliphatic heterocycles. The van der Waals surface area contributed by atoms with Gasteiger partial charge in [0.05, 0.1) is 24.2 Å². The molecule has 0 spiro atoms. The standard InChI is InChI=1S/C20H23NO5S/c1-2-25-12-14-7-9-21(11-14)19(22)16-5-3-4-6-18(16)27-13-17-15(20(23)24)8-10-26-17/h3-6,8,10,14H,2,7,9,11-13H2,1H3,(H,23,24). The van der Waals surface area contributed by atoms with E-state index in [1.54, 1.807) is 0 Å². The van der Waals surface area contributed by atoms with E-state index in [4.69, 9.17) is 9.15 Å². The number of thioether (sulfide) groups is 1. The number of carbonyl (C=O) groups is 2. The van der Waals surface area contributed by atoms with Gasteiger partial charge < -0.3 is 19.2 Å². The van der Waals surface area contributed by atoms with Crippen LogP contribution in [0.4, 0.5) is 0 Å². The summed E-state index contributed by atoms with van der Waals surface area (Å²) in [6, 6.07) is 8.87. The summed E-state index contributed by atoms with van der Waals surface area (Å²) >= 11 is 1.41. The minimum Gasteiger partial charge on any atom is -0.478 e. The lowest BCUT2D eigenvalue weighted by atomic mass is 10.1. The lowest BCUT2D eigenvalue weighted by molar-refractivity contribution is 0.0693. The molecule has 0 radical (unpaired) electrons. The minimum atomic E-state index is -1.01. The number of aromatic carboxylic acids is 1. The van der Waals surface area contributed by atoms with Crippen molar-refractivity contribution in [2.75, 3.05) is 26.3 Å². The van der Waals surface area contributed by atoms with E-state index < -0.39 is 5.97 Å². The molecule has 0 bridgehead atoms. The Balaban J connectivity index is 1.68. The highest BCUT2D eigenvalue weighted by atomic mass is 32.2. The normalized spacial score (nSPS) is 16.6. The average Bonchev–Trinajstić information content (AvgIpc) is 3.33. The molecule has 3 rings (SSSR count). The molecule has 144 valence electrons. The van der Waals surface area contributed by atoms with Crippen LogP contribution < -0.4 is 0 Å².